The molecule has 0 saturated heterocycles. The molecular formula is C14H18BrN3O2. The second kappa shape index (κ2) is 6.37. The van der Waals surface area contributed by atoms with Crippen molar-refractivity contribution in [2.75, 3.05) is 7.11 Å². The smallest absolute Gasteiger partial charge is 0.243 e. The fourth-order valence-corrected chi connectivity index (χ4v) is 2.46. The van der Waals surface area contributed by atoms with Gasteiger partial charge >= 0.3 is 0 Å². The first-order valence-electron chi connectivity index (χ1n) is 6.44. The van der Waals surface area contributed by atoms with Crippen molar-refractivity contribution in [3.63, 3.8) is 0 Å². The van der Waals surface area contributed by atoms with Crippen LogP contribution in [-0.4, -0.2) is 17.3 Å². The lowest BCUT2D eigenvalue weighted by Gasteiger charge is -2.08. The molecule has 2 rings (SSSR count). The summed E-state index contributed by atoms with van der Waals surface area (Å²) < 4.78 is 11.3. The van der Waals surface area contributed by atoms with Crippen LogP contribution in [0.5, 0.6) is 5.75 Å². The average Bonchev–Trinajstić information content (AvgIpc) is 2.87. The predicted octanol–water partition coefficient (Wildman–Crippen LogP) is 3.55. The fraction of sp³-hybridized carbons (Fsp3) is 0.429. The Hall–Kier alpha value is -1.40. The second-order valence-corrected chi connectivity index (χ2v) is 5.90. The number of ether oxygens (including phenoxy) is 1. The molecule has 0 radical (unpaired) electrons. The van der Waals surface area contributed by atoms with Crippen molar-refractivity contribution in [3.8, 4) is 17.1 Å². The summed E-state index contributed by atoms with van der Waals surface area (Å²) in [6, 6.07) is 5.40. The lowest BCUT2D eigenvalue weighted by Crippen LogP contribution is -2.13. The summed E-state index contributed by atoms with van der Waals surface area (Å²) in [6.07, 6.45) is 0.813. The van der Waals surface area contributed by atoms with E-state index in [1.165, 1.54) is 0 Å². The Morgan fingerprint density at radius 1 is 1.40 bits per heavy atom. The third-order valence-corrected chi connectivity index (χ3v) is 3.51. The number of nitrogens with zero attached hydrogens (tertiary/aromatic N) is 2. The third kappa shape index (κ3) is 3.37. The molecular weight excluding hydrogens is 322 g/mol. The monoisotopic (exact) mass is 339 g/mol. The van der Waals surface area contributed by atoms with E-state index in [0.29, 0.717) is 17.6 Å². The summed E-state index contributed by atoms with van der Waals surface area (Å²) in [5, 5.41) is 3.98. The minimum atomic E-state index is -0.224. The number of hydrogen-bond donors (Lipinski definition) is 1. The molecule has 6 heteroatoms. The number of methoxy groups -OCH3 is 1. The highest BCUT2D eigenvalue weighted by molar-refractivity contribution is 9.10. The molecule has 20 heavy (non-hydrogen) atoms. The molecule has 1 atom stereocenters. The van der Waals surface area contributed by atoms with Crippen molar-refractivity contribution in [3.05, 3.63) is 28.6 Å². The Morgan fingerprint density at radius 3 is 2.75 bits per heavy atom. The van der Waals surface area contributed by atoms with Gasteiger partial charge in [-0.25, -0.2) is 0 Å². The Kier molecular flexibility index (Phi) is 4.77. The molecule has 0 saturated carbocycles. The maximum atomic E-state index is 6.04. The number of hydrogen-bond acceptors (Lipinski definition) is 5. The SMILES string of the molecule is COc1ccc(-c2noc([C@@H](N)CC(C)C)n2)cc1Br. The molecule has 1 aromatic carbocycles. The first kappa shape index (κ1) is 15.0. The number of rotatable bonds is 5. The second-order valence-electron chi connectivity index (χ2n) is 5.04. The van der Waals surface area contributed by atoms with Crippen molar-refractivity contribution >= 4 is 15.9 Å². The lowest BCUT2D eigenvalue weighted by molar-refractivity contribution is 0.335. The Labute approximate surface area is 126 Å². The molecule has 1 heterocycles. The van der Waals surface area contributed by atoms with E-state index >= 15 is 0 Å². The molecule has 0 bridgehead atoms. The minimum absolute atomic E-state index is 0.224. The van der Waals surface area contributed by atoms with Gasteiger partial charge in [0.1, 0.15) is 5.75 Å². The molecule has 5 nitrogen and oxygen atoms in total. The van der Waals surface area contributed by atoms with Crippen LogP contribution >= 0.6 is 15.9 Å². The van der Waals surface area contributed by atoms with Gasteiger partial charge < -0.3 is 15.0 Å². The Bertz CT molecular complexity index is 584. The van der Waals surface area contributed by atoms with E-state index in [1.54, 1.807) is 7.11 Å². The summed E-state index contributed by atoms with van der Waals surface area (Å²) in [5.74, 6) is 2.24. The van der Waals surface area contributed by atoms with E-state index in [-0.39, 0.29) is 6.04 Å². The molecule has 0 aliphatic rings. The molecule has 0 spiro atoms. The molecule has 108 valence electrons. The topological polar surface area (TPSA) is 74.2 Å². The zero-order valence-corrected chi connectivity index (χ0v) is 13.3. The van der Waals surface area contributed by atoms with Crippen molar-refractivity contribution in [2.45, 2.75) is 26.3 Å². The van der Waals surface area contributed by atoms with E-state index in [9.17, 15) is 0 Å². The van der Waals surface area contributed by atoms with Crippen molar-refractivity contribution in [2.24, 2.45) is 11.7 Å². The maximum Gasteiger partial charge on any atom is 0.243 e. The zero-order valence-electron chi connectivity index (χ0n) is 11.8. The van der Waals surface area contributed by atoms with Crippen LogP contribution in [-0.2, 0) is 0 Å². The highest BCUT2D eigenvalue weighted by Crippen LogP contribution is 2.30. The molecule has 2 N–H and O–H groups in total. The largest absolute Gasteiger partial charge is 0.496 e. The van der Waals surface area contributed by atoms with Crippen LogP contribution in [0.4, 0.5) is 0 Å². The van der Waals surface area contributed by atoms with Gasteiger partial charge in [-0.15, -0.1) is 0 Å². The molecule has 2 aromatic rings. The van der Waals surface area contributed by atoms with Crippen molar-refractivity contribution in [1.29, 1.82) is 0 Å². The summed E-state index contributed by atoms with van der Waals surface area (Å²) in [4.78, 5) is 4.37. The minimum Gasteiger partial charge on any atom is -0.496 e. The molecule has 0 unspecified atom stereocenters. The number of nitrogens with two attached hydrogens (primary N) is 1. The van der Waals surface area contributed by atoms with Crippen LogP contribution in [0.25, 0.3) is 11.4 Å². The summed E-state index contributed by atoms with van der Waals surface area (Å²) >= 11 is 3.44. The van der Waals surface area contributed by atoms with Gasteiger partial charge in [-0.3, -0.25) is 0 Å². The third-order valence-electron chi connectivity index (χ3n) is 2.89. The number of benzene rings is 1. The van der Waals surface area contributed by atoms with Crippen LogP contribution in [0.15, 0.2) is 27.2 Å². The van der Waals surface area contributed by atoms with Gasteiger partial charge in [-0.2, -0.15) is 4.98 Å². The van der Waals surface area contributed by atoms with E-state index in [4.69, 9.17) is 15.0 Å². The number of aromatic nitrogens is 2. The van der Waals surface area contributed by atoms with Crippen molar-refractivity contribution in [1.82, 2.24) is 10.1 Å². The van der Waals surface area contributed by atoms with Gasteiger partial charge in [0.25, 0.3) is 0 Å². The molecule has 1 aromatic heterocycles. The molecule has 0 fully saturated rings. The summed E-state index contributed by atoms with van der Waals surface area (Å²) in [6.45, 7) is 4.22. The fourth-order valence-electron chi connectivity index (χ4n) is 1.92. The van der Waals surface area contributed by atoms with Crippen LogP contribution in [0, 0.1) is 5.92 Å². The van der Waals surface area contributed by atoms with Crippen molar-refractivity contribution < 1.29 is 9.26 Å². The van der Waals surface area contributed by atoms with Crippen LogP contribution < -0.4 is 10.5 Å². The van der Waals surface area contributed by atoms with Crippen LogP contribution in [0.3, 0.4) is 0 Å². The lowest BCUT2D eigenvalue weighted by atomic mass is 10.0. The normalized spacial score (nSPS) is 12.7. The van der Waals surface area contributed by atoms with E-state index in [1.807, 2.05) is 18.2 Å². The standard InChI is InChI=1S/C14H18BrN3O2/c1-8(2)6-11(16)14-17-13(18-20-14)9-4-5-12(19-3)10(15)7-9/h4-5,7-8,11H,6,16H2,1-3H3/t11-/m0/s1. The predicted molar refractivity (Wildman–Crippen MR) is 80.4 cm³/mol. The van der Waals surface area contributed by atoms with Crippen LogP contribution in [0.2, 0.25) is 0 Å². The first-order chi connectivity index (χ1) is 9.51. The molecule has 0 amide bonds. The Morgan fingerprint density at radius 2 is 2.15 bits per heavy atom. The van der Waals surface area contributed by atoms with E-state index < -0.39 is 0 Å². The quantitative estimate of drug-likeness (QED) is 0.901. The van der Waals surface area contributed by atoms with Gasteiger partial charge in [-0.05, 0) is 46.5 Å². The highest BCUT2D eigenvalue weighted by Gasteiger charge is 2.17. The first-order valence-corrected chi connectivity index (χ1v) is 7.23. The van der Waals surface area contributed by atoms with Gasteiger partial charge in [0.2, 0.25) is 11.7 Å². The molecule has 0 aliphatic carbocycles. The Balaban J connectivity index is 2.22. The van der Waals surface area contributed by atoms with Gasteiger partial charge in [0.05, 0.1) is 17.6 Å². The highest BCUT2D eigenvalue weighted by atomic mass is 79.9. The molecule has 0 aliphatic heterocycles. The van der Waals surface area contributed by atoms with Gasteiger partial charge in [0.15, 0.2) is 0 Å². The maximum absolute atomic E-state index is 6.04. The number of halogens is 1. The van der Waals surface area contributed by atoms with Crippen LogP contribution in [0.1, 0.15) is 32.2 Å². The zero-order chi connectivity index (χ0) is 14.7. The van der Waals surface area contributed by atoms with Gasteiger partial charge in [0, 0.05) is 5.56 Å². The summed E-state index contributed by atoms with van der Waals surface area (Å²) in [7, 11) is 1.62. The summed E-state index contributed by atoms with van der Waals surface area (Å²) in [5.41, 5.74) is 6.89. The van der Waals surface area contributed by atoms with E-state index in [2.05, 4.69) is 39.9 Å². The van der Waals surface area contributed by atoms with E-state index in [0.717, 1.165) is 22.2 Å². The average molecular weight is 340 g/mol. The van der Waals surface area contributed by atoms with Gasteiger partial charge in [-0.1, -0.05) is 19.0 Å².